The van der Waals surface area contributed by atoms with E-state index in [-0.39, 0.29) is 0 Å². The van der Waals surface area contributed by atoms with Crippen LogP contribution in [0.3, 0.4) is 0 Å². The number of hydrogen-bond acceptors (Lipinski definition) is 3. The second kappa shape index (κ2) is 6.02. The molecule has 4 heteroatoms. The minimum absolute atomic E-state index is 0.456. The van der Waals surface area contributed by atoms with Crippen molar-refractivity contribution >= 4 is 17.3 Å². The van der Waals surface area contributed by atoms with Gasteiger partial charge in [0.1, 0.15) is 5.75 Å². The molecule has 1 aromatic rings. The van der Waals surface area contributed by atoms with Crippen molar-refractivity contribution in [1.82, 2.24) is 5.32 Å². The van der Waals surface area contributed by atoms with E-state index in [4.69, 9.17) is 16.3 Å². The van der Waals surface area contributed by atoms with Gasteiger partial charge in [0.25, 0.3) is 0 Å². The van der Waals surface area contributed by atoms with Gasteiger partial charge < -0.3 is 15.0 Å². The molecule has 1 aromatic carbocycles. The first-order valence-corrected chi connectivity index (χ1v) is 7.28. The molecule has 0 saturated carbocycles. The number of benzene rings is 1. The molecule has 106 valence electrons. The van der Waals surface area contributed by atoms with Crippen molar-refractivity contribution in [3.63, 3.8) is 0 Å². The zero-order valence-corrected chi connectivity index (χ0v) is 12.9. The Morgan fingerprint density at radius 1 is 1.47 bits per heavy atom. The topological polar surface area (TPSA) is 24.5 Å². The van der Waals surface area contributed by atoms with Gasteiger partial charge in [0.2, 0.25) is 0 Å². The van der Waals surface area contributed by atoms with Gasteiger partial charge in [-0.05, 0) is 31.9 Å². The van der Waals surface area contributed by atoms with E-state index >= 15 is 0 Å². The number of rotatable bonds is 3. The molecule has 0 radical (unpaired) electrons. The van der Waals surface area contributed by atoms with Crippen molar-refractivity contribution in [3.8, 4) is 5.75 Å². The number of anilines is 1. The summed E-state index contributed by atoms with van der Waals surface area (Å²) in [7, 11) is 1.70. The molecule has 0 spiro atoms. The third-order valence-electron chi connectivity index (χ3n) is 3.91. The van der Waals surface area contributed by atoms with Crippen LogP contribution in [0.15, 0.2) is 12.1 Å². The zero-order valence-electron chi connectivity index (χ0n) is 12.2. The monoisotopic (exact) mass is 282 g/mol. The lowest BCUT2D eigenvalue weighted by molar-refractivity contribution is 0.383. The first kappa shape index (κ1) is 14.5. The minimum atomic E-state index is 0.456. The zero-order chi connectivity index (χ0) is 14.0. The van der Waals surface area contributed by atoms with E-state index in [0.29, 0.717) is 12.1 Å². The van der Waals surface area contributed by atoms with Crippen LogP contribution in [0.2, 0.25) is 5.02 Å². The molecule has 2 atom stereocenters. The quantitative estimate of drug-likeness (QED) is 0.921. The van der Waals surface area contributed by atoms with Crippen LogP contribution in [0.25, 0.3) is 0 Å². The van der Waals surface area contributed by atoms with Crippen molar-refractivity contribution in [1.29, 1.82) is 0 Å². The maximum atomic E-state index is 6.18. The minimum Gasteiger partial charge on any atom is -0.495 e. The van der Waals surface area contributed by atoms with Crippen LogP contribution in [0.5, 0.6) is 5.75 Å². The van der Waals surface area contributed by atoms with E-state index in [1.807, 2.05) is 13.0 Å². The molecule has 1 N–H and O–H groups in total. The molecule has 1 aliphatic heterocycles. The Kier molecular flexibility index (Phi) is 4.58. The Bertz CT molecular complexity index is 450. The second-order valence-corrected chi connectivity index (χ2v) is 5.70. The molecule has 0 bridgehead atoms. The summed E-state index contributed by atoms with van der Waals surface area (Å²) in [6.45, 7) is 8.51. The van der Waals surface area contributed by atoms with Crippen LogP contribution in [0.1, 0.15) is 25.8 Å². The van der Waals surface area contributed by atoms with E-state index in [1.165, 1.54) is 0 Å². The van der Waals surface area contributed by atoms with Gasteiger partial charge >= 0.3 is 0 Å². The number of aryl methyl sites for hydroxylation is 1. The van der Waals surface area contributed by atoms with E-state index < -0.39 is 0 Å². The van der Waals surface area contributed by atoms with Crippen LogP contribution in [0.4, 0.5) is 5.69 Å². The summed E-state index contributed by atoms with van der Waals surface area (Å²) in [6.07, 6.45) is 1.14. The van der Waals surface area contributed by atoms with Crippen molar-refractivity contribution in [3.05, 3.63) is 22.7 Å². The summed E-state index contributed by atoms with van der Waals surface area (Å²) < 4.78 is 5.51. The molecule has 1 fully saturated rings. The van der Waals surface area contributed by atoms with Gasteiger partial charge in [-0.2, -0.15) is 0 Å². The molecule has 0 aromatic heterocycles. The number of ether oxygens (including phenoxy) is 1. The SMILES string of the molecule is CCC1CN(c2cc(C)c(Cl)cc2OC)C(C)CN1. The lowest BCUT2D eigenvalue weighted by atomic mass is 10.1. The molecule has 19 heavy (non-hydrogen) atoms. The average molecular weight is 283 g/mol. The van der Waals surface area contributed by atoms with Gasteiger partial charge in [0.15, 0.2) is 0 Å². The van der Waals surface area contributed by atoms with Gasteiger partial charge in [0.05, 0.1) is 12.8 Å². The molecule has 2 unspecified atom stereocenters. The first-order chi connectivity index (χ1) is 9.06. The highest BCUT2D eigenvalue weighted by Gasteiger charge is 2.26. The lowest BCUT2D eigenvalue weighted by Gasteiger charge is -2.40. The lowest BCUT2D eigenvalue weighted by Crippen LogP contribution is -2.55. The van der Waals surface area contributed by atoms with Crippen molar-refractivity contribution in [2.75, 3.05) is 25.1 Å². The summed E-state index contributed by atoms with van der Waals surface area (Å²) in [4.78, 5) is 2.42. The molecule has 1 saturated heterocycles. The largest absolute Gasteiger partial charge is 0.495 e. The number of piperazine rings is 1. The van der Waals surface area contributed by atoms with Gasteiger partial charge in [-0.1, -0.05) is 18.5 Å². The fourth-order valence-corrected chi connectivity index (χ4v) is 2.73. The van der Waals surface area contributed by atoms with E-state index in [1.54, 1.807) is 7.11 Å². The Morgan fingerprint density at radius 2 is 2.21 bits per heavy atom. The van der Waals surface area contributed by atoms with E-state index in [0.717, 1.165) is 41.5 Å². The summed E-state index contributed by atoms with van der Waals surface area (Å²) in [5, 5.41) is 4.33. The summed E-state index contributed by atoms with van der Waals surface area (Å²) >= 11 is 6.18. The van der Waals surface area contributed by atoms with Crippen molar-refractivity contribution < 1.29 is 4.74 Å². The summed E-state index contributed by atoms with van der Waals surface area (Å²) in [6, 6.07) is 5.05. The molecular formula is C15H23ClN2O. The third kappa shape index (κ3) is 2.98. The number of nitrogens with one attached hydrogen (secondary N) is 1. The number of hydrogen-bond donors (Lipinski definition) is 1. The Balaban J connectivity index is 2.35. The predicted octanol–water partition coefficient (Wildman–Crippen LogP) is 3.23. The normalized spacial score (nSPS) is 23.5. The van der Waals surface area contributed by atoms with Gasteiger partial charge in [-0.25, -0.2) is 0 Å². The molecule has 0 aliphatic carbocycles. The van der Waals surface area contributed by atoms with Gasteiger partial charge in [0, 0.05) is 36.3 Å². The van der Waals surface area contributed by atoms with Crippen LogP contribution in [-0.2, 0) is 0 Å². The third-order valence-corrected chi connectivity index (χ3v) is 4.32. The van der Waals surface area contributed by atoms with Crippen LogP contribution in [-0.4, -0.2) is 32.3 Å². The smallest absolute Gasteiger partial charge is 0.143 e. The number of nitrogens with zero attached hydrogens (tertiary/aromatic N) is 1. The maximum absolute atomic E-state index is 6.18. The molecule has 0 amide bonds. The Hall–Kier alpha value is -0.930. The highest BCUT2D eigenvalue weighted by Crippen LogP contribution is 2.35. The predicted molar refractivity (Wildman–Crippen MR) is 81.6 cm³/mol. The van der Waals surface area contributed by atoms with Crippen molar-refractivity contribution in [2.45, 2.75) is 39.3 Å². The number of methoxy groups -OCH3 is 1. The maximum Gasteiger partial charge on any atom is 0.143 e. The van der Waals surface area contributed by atoms with Crippen LogP contribution in [0, 0.1) is 6.92 Å². The summed E-state index contributed by atoms with van der Waals surface area (Å²) in [5.41, 5.74) is 2.24. The first-order valence-electron chi connectivity index (χ1n) is 6.91. The molecule has 1 heterocycles. The molecule has 1 aliphatic rings. The average Bonchev–Trinajstić information content (AvgIpc) is 2.42. The van der Waals surface area contributed by atoms with E-state index in [2.05, 4.69) is 30.1 Å². The second-order valence-electron chi connectivity index (χ2n) is 5.29. The molecule has 2 rings (SSSR count). The summed E-state index contributed by atoms with van der Waals surface area (Å²) in [5.74, 6) is 0.860. The van der Waals surface area contributed by atoms with Crippen LogP contribution >= 0.6 is 11.6 Å². The number of halogens is 1. The molecular weight excluding hydrogens is 260 g/mol. The fraction of sp³-hybridized carbons (Fsp3) is 0.600. The molecule has 3 nitrogen and oxygen atoms in total. The Morgan fingerprint density at radius 3 is 2.84 bits per heavy atom. The van der Waals surface area contributed by atoms with Crippen LogP contribution < -0.4 is 15.0 Å². The Labute approximate surface area is 120 Å². The highest BCUT2D eigenvalue weighted by molar-refractivity contribution is 6.31. The van der Waals surface area contributed by atoms with Crippen molar-refractivity contribution in [2.24, 2.45) is 0 Å². The van der Waals surface area contributed by atoms with Gasteiger partial charge in [-0.15, -0.1) is 0 Å². The van der Waals surface area contributed by atoms with E-state index in [9.17, 15) is 0 Å². The van der Waals surface area contributed by atoms with Gasteiger partial charge in [-0.3, -0.25) is 0 Å². The highest BCUT2D eigenvalue weighted by atomic mass is 35.5. The fourth-order valence-electron chi connectivity index (χ4n) is 2.57. The standard InChI is InChI=1S/C15H23ClN2O/c1-5-12-9-18(11(3)8-17-12)14-6-10(2)13(16)7-15(14)19-4/h6-7,11-12,17H,5,8-9H2,1-4H3.